The number of carboxylic acids is 1. The van der Waals surface area contributed by atoms with E-state index < -0.39 is 17.5 Å². The van der Waals surface area contributed by atoms with Crippen LogP contribution in [0.15, 0.2) is 28.7 Å². The molecular formula is C13H15BrN2O3. The molecule has 0 aromatic heterocycles. The van der Waals surface area contributed by atoms with E-state index in [1.54, 1.807) is 18.2 Å². The number of hydrogen-bond donors (Lipinski definition) is 3. The highest BCUT2D eigenvalue weighted by atomic mass is 79.9. The van der Waals surface area contributed by atoms with Gasteiger partial charge in [0.15, 0.2) is 0 Å². The Bertz CT molecular complexity index is 498. The van der Waals surface area contributed by atoms with E-state index in [4.69, 9.17) is 0 Å². The van der Waals surface area contributed by atoms with Crippen LogP contribution in [0.25, 0.3) is 0 Å². The number of hydrogen-bond acceptors (Lipinski definition) is 2. The van der Waals surface area contributed by atoms with Crippen molar-refractivity contribution in [3.63, 3.8) is 0 Å². The van der Waals surface area contributed by atoms with Gasteiger partial charge in [0.2, 0.25) is 0 Å². The molecule has 0 unspecified atom stereocenters. The van der Waals surface area contributed by atoms with Gasteiger partial charge in [-0.1, -0.05) is 34.8 Å². The second kappa shape index (κ2) is 5.61. The fraction of sp³-hybridized carbons (Fsp3) is 0.385. The molecule has 3 N–H and O–H groups in total. The molecule has 19 heavy (non-hydrogen) atoms. The van der Waals surface area contributed by atoms with Crippen molar-refractivity contribution in [2.45, 2.75) is 31.2 Å². The van der Waals surface area contributed by atoms with Gasteiger partial charge in [-0.15, -0.1) is 0 Å². The second-order valence-electron chi connectivity index (χ2n) is 4.68. The van der Waals surface area contributed by atoms with Crippen LogP contribution < -0.4 is 10.6 Å². The monoisotopic (exact) mass is 326 g/mol. The lowest BCUT2D eigenvalue weighted by Gasteiger charge is -2.25. The molecular weight excluding hydrogens is 312 g/mol. The Morgan fingerprint density at radius 3 is 2.53 bits per heavy atom. The van der Waals surface area contributed by atoms with Crippen LogP contribution in [0.3, 0.4) is 0 Å². The fourth-order valence-electron chi connectivity index (χ4n) is 2.32. The van der Waals surface area contributed by atoms with Gasteiger partial charge in [-0.2, -0.15) is 0 Å². The van der Waals surface area contributed by atoms with Gasteiger partial charge in [0, 0.05) is 10.2 Å². The molecule has 0 spiro atoms. The molecule has 0 aliphatic heterocycles. The maximum atomic E-state index is 11.9. The highest BCUT2D eigenvalue weighted by Crippen LogP contribution is 2.30. The smallest absolute Gasteiger partial charge is 0.329 e. The lowest BCUT2D eigenvalue weighted by Crippen LogP contribution is -2.53. The summed E-state index contributed by atoms with van der Waals surface area (Å²) in [5, 5.41) is 14.5. The lowest BCUT2D eigenvalue weighted by molar-refractivity contribution is -0.144. The van der Waals surface area contributed by atoms with E-state index in [1.807, 2.05) is 6.07 Å². The highest BCUT2D eigenvalue weighted by molar-refractivity contribution is 9.10. The van der Waals surface area contributed by atoms with Gasteiger partial charge < -0.3 is 15.7 Å². The largest absolute Gasteiger partial charge is 0.480 e. The first kappa shape index (κ1) is 13.9. The molecule has 1 aliphatic carbocycles. The summed E-state index contributed by atoms with van der Waals surface area (Å²) in [4.78, 5) is 23.2. The number of benzene rings is 1. The summed E-state index contributed by atoms with van der Waals surface area (Å²) in [6.07, 6.45) is 2.61. The molecule has 0 atom stereocenters. The zero-order chi connectivity index (χ0) is 13.9. The maximum Gasteiger partial charge on any atom is 0.329 e. The highest BCUT2D eigenvalue weighted by Gasteiger charge is 2.42. The van der Waals surface area contributed by atoms with E-state index in [2.05, 4.69) is 26.6 Å². The Labute approximate surface area is 119 Å². The van der Waals surface area contributed by atoms with Crippen LogP contribution in [-0.4, -0.2) is 22.6 Å². The summed E-state index contributed by atoms with van der Waals surface area (Å²) in [6, 6.07) is 6.65. The Morgan fingerprint density at radius 2 is 1.95 bits per heavy atom. The van der Waals surface area contributed by atoms with Gasteiger partial charge in [-0.25, -0.2) is 9.59 Å². The first-order chi connectivity index (χ1) is 9.02. The second-order valence-corrected chi connectivity index (χ2v) is 5.60. The minimum atomic E-state index is -1.11. The summed E-state index contributed by atoms with van der Waals surface area (Å²) in [5.41, 5.74) is -0.499. The summed E-state index contributed by atoms with van der Waals surface area (Å²) < 4.78 is 0.846. The number of carboxylic acid groups (broad SMARTS) is 1. The van der Waals surface area contributed by atoms with Crippen molar-refractivity contribution < 1.29 is 14.7 Å². The van der Waals surface area contributed by atoms with Crippen molar-refractivity contribution in [1.82, 2.24) is 5.32 Å². The van der Waals surface area contributed by atoms with Gasteiger partial charge in [0.05, 0.1) is 0 Å². The number of aliphatic carboxylic acids is 1. The zero-order valence-electron chi connectivity index (χ0n) is 10.3. The third kappa shape index (κ3) is 3.26. The average Bonchev–Trinajstić information content (AvgIpc) is 2.78. The molecule has 2 rings (SSSR count). The number of nitrogens with one attached hydrogen (secondary N) is 2. The van der Waals surface area contributed by atoms with Crippen LogP contribution in [0.1, 0.15) is 25.7 Å². The van der Waals surface area contributed by atoms with E-state index in [0.717, 1.165) is 17.3 Å². The molecule has 1 saturated carbocycles. The molecule has 0 radical (unpaired) electrons. The first-order valence-corrected chi connectivity index (χ1v) is 6.89. The molecule has 0 heterocycles. The van der Waals surface area contributed by atoms with Gasteiger partial charge in [0.1, 0.15) is 5.54 Å². The number of halogens is 1. The molecule has 1 aliphatic rings. The number of urea groups is 1. The van der Waals surface area contributed by atoms with E-state index in [-0.39, 0.29) is 0 Å². The van der Waals surface area contributed by atoms with E-state index in [0.29, 0.717) is 18.5 Å². The Morgan fingerprint density at radius 1 is 1.26 bits per heavy atom. The van der Waals surface area contributed by atoms with E-state index >= 15 is 0 Å². The van der Waals surface area contributed by atoms with Crippen LogP contribution in [0.2, 0.25) is 0 Å². The first-order valence-electron chi connectivity index (χ1n) is 6.10. The standard InChI is InChI=1S/C13H15BrN2O3/c14-9-4-3-5-10(8-9)15-12(19)16-13(11(17)18)6-1-2-7-13/h3-5,8H,1-2,6-7H2,(H,17,18)(H2,15,16,19). The van der Waals surface area contributed by atoms with Gasteiger partial charge in [0.25, 0.3) is 0 Å². The quantitative estimate of drug-likeness (QED) is 0.799. The normalized spacial score (nSPS) is 16.9. The maximum absolute atomic E-state index is 11.9. The fourth-order valence-corrected chi connectivity index (χ4v) is 2.72. The van der Waals surface area contributed by atoms with Crippen molar-refractivity contribution in [2.75, 3.05) is 5.32 Å². The van der Waals surface area contributed by atoms with Gasteiger partial charge in [-0.3, -0.25) is 0 Å². The summed E-state index contributed by atoms with van der Waals surface area (Å²) in [7, 11) is 0. The topological polar surface area (TPSA) is 78.4 Å². The minimum Gasteiger partial charge on any atom is -0.480 e. The summed E-state index contributed by atoms with van der Waals surface area (Å²) in [5.74, 6) is -0.964. The molecule has 1 aromatic rings. The lowest BCUT2D eigenvalue weighted by atomic mass is 9.98. The van der Waals surface area contributed by atoms with Gasteiger partial charge in [-0.05, 0) is 31.0 Å². The molecule has 5 nitrogen and oxygen atoms in total. The molecule has 1 aromatic carbocycles. The van der Waals surface area contributed by atoms with Crippen LogP contribution in [0.4, 0.5) is 10.5 Å². The van der Waals surface area contributed by atoms with Crippen molar-refractivity contribution in [1.29, 1.82) is 0 Å². The Balaban J connectivity index is 2.02. The molecule has 0 saturated heterocycles. The predicted octanol–water partition coefficient (Wildman–Crippen LogP) is 2.97. The number of carbonyl (C=O) groups excluding carboxylic acids is 1. The minimum absolute atomic E-state index is 0.480. The molecule has 1 fully saturated rings. The van der Waals surface area contributed by atoms with Crippen LogP contribution in [0, 0.1) is 0 Å². The van der Waals surface area contributed by atoms with Crippen LogP contribution in [-0.2, 0) is 4.79 Å². The number of amides is 2. The van der Waals surface area contributed by atoms with Crippen LogP contribution >= 0.6 is 15.9 Å². The van der Waals surface area contributed by atoms with Crippen molar-refractivity contribution in [2.24, 2.45) is 0 Å². The number of carbonyl (C=O) groups is 2. The van der Waals surface area contributed by atoms with Crippen molar-refractivity contribution >= 4 is 33.6 Å². The van der Waals surface area contributed by atoms with Crippen molar-refractivity contribution in [3.8, 4) is 0 Å². The Kier molecular flexibility index (Phi) is 4.09. The number of rotatable bonds is 3. The summed E-state index contributed by atoms with van der Waals surface area (Å²) >= 11 is 3.31. The average molecular weight is 327 g/mol. The SMILES string of the molecule is O=C(Nc1cccc(Br)c1)NC1(C(=O)O)CCCC1. The van der Waals surface area contributed by atoms with Gasteiger partial charge >= 0.3 is 12.0 Å². The molecule has 2 amide bonds. The zero-order valence-corrected chi connectivity index (χ0v) is 11.9. The Hall–Kier alpha value is -1.56. The van der Waals surface area contributed by atoms with E-state index in [1.165, 1.54) is 0 Å². The molecule has 0 bridgehead atoms. The van der Waals surface area contributed by atoms with Crippen LogP contribution in [0.5, 0.6) is 0 Å². The molecule has 6 heteroatoms. The summed E-state index contributed by atoms with van der Waals surface area (Å²) in [6.45, 7) is 0. The predicted molar refractivity (Wildman–Crippen MR) is 75.1 cm³/mol. The van der Waals surface area contributed by atoms with E-state index in [9.17, 15) is 14.7 Å². The molecule has 102 valence electrons. The third-order valence-electron chi connectivity index (χ3n) is 3.30. The number of anilines is 1. The van der Waals surface area contributed by atoms with Crippen molar-refractivity contribution in [3.05, 3.63) is 28.7 Å². The third-order valence-corrected chi connectivity index (χ3v) is 3.80.